The summed E-state index contributed by atoms with van der Waals surface area (Å²) >= 11 is 0. The standard InChI is InChI=1S/C17H22N2O/c1-17(2,3)14-9-5-4-8-13(14)16(20)19-15-10-6-7-12(15)11-18/h4-5,8-9,12,15H,6-7,10H2,1-3H3,(H,19,20). The van der Waals surface area contributed by atoms with Crippen LogP contribution in [0.4, 0.5) is 0 Å². The molecule has 0 spiro atoms. The fraction of sp³-hybridized carbons (Fsp3) is 0.529. The zero-order valence-corrected chi connectivity index (χ0v) is 12.4. The van der Waals surface area contributed by atoms with Crippen molar-refractivity contribution in [2.24, 2.45) is 5.92 Å². The number of nitrogens with one attached hydrogen (secondary N) is 1. The summed E-state index contributed by atoms with van der Waals surface area (Å²) in [6.45, 7) is 6.31. The quantitative estimate of drug-likeness (QED) is 0.895. The lowest BCUT2D eigenvalue weighted by molar-refractivity contribution is 0.0930. The van der Waals surface area contributed by atoms with E-state index in [-0.39, 0.29) is 23.3 Å². The average Bonchev–Trinajstić information content (AvgIpc) is 2.85. The number of amides is 1. The predicted molar refractivity (Wildman–Crippen MR) is 79.4 cm³/mol. The van der Waals surface area contributed by atoms with Gasteiger partial charge in [0.2, 0.25) is 0 Å². The van der Waals surface area contributed by atoms with Crippen molar-refractivity contribution < 1.29 is 4.79 Å². The third-order valence-electron chi connectivity index (χ3n) is 3.98. The Morgan fingerprint density at radius 1 is 1.30 bits per heavy atom. The number of nitriles is 1. The minimum atomic E-state index is -0.0712. The van der Waals surface area contributed by atoms with Gasteiger partial charge < -0.3 is 5.32 Å². The van der Waals surface area contributed by atoms with E-state index in [2.05, 4.69) is 32.2 Å². The Morgan fingerprint density at radius 2 is 2.00 bits per heavy atom. The van der Waals surface area contributed by atoms with Gasteiger partial charge in [-0.15, -0.1) is 0 Å². The maximum absolute atomic E-state index is 12.5. The molecular weight excluding hydrogens is 248 g/mol. The first-order valence-electron chi connectivity index (χ1n) is 7.23. The van der Waals surface area contributed by atoms with Gasteiger partial charge in [0.15, 0.2) is 0 Å². The molecule has 0 bridgehead atoms. The highest BCUT2D eigenvalue weighted by Crippen LogP contribution is 2.28. The first kappa shape index (κ1) is 14.6. The van der Waals surface area contributed by atoms with E-state index in [1.54, 1.807) is 0 Å². The molecule has 1 aromatic rings. The lowest BCUT2D eigenvalue weighted by Crippen LogP contribution is -2.38. The van der Waals surface area contributed by atoms with Crippen molar-refractivity contribution in [1.82, 2.24) is 5.32 Å². The molecule has 1 saturated carbocycles. The van der Waals surface area contributed by atoms with Crippen molar-refractivity contribution >= 4 is 5.91 Å². The molecule has 106 valence electrons. The third-order valence-corrected chi connectivity index (χ3v) is 3.98. The van der Waals surface area contributed by atoms with Crippen molar-refractivity contribution in [2.45, 2.75) is 51.5 Å². The van der Waals surface area contributed by atoms with Gasteiger partial charge in [0, 0.05) is 11.6 Å². The molecule has 1 N–H and O–H groups in total. The molecule has 20 heavy (non-hydrogen) atoms. The summed E-state index contributed by atoms with van der Waals surface area (Å²) in [6.07, 6.45) is 2.81. The smallest absolute Gasteiger partial charge is 0.251 e. The van der Waals surface area contributed by atoms with Crippen LogP contribution in [0.15, 0.2) is 24.3 Å². The minimum absolute atomic E-state index is 0.000486. The molecule has 1 aliphatic carbocycles. The van der Waals surface area contributed by atoms with E-state index in [1.165, 1.54) is 0 Å². The Kier molecular flexibility index (Phi) is 4.13. The van der Waals surface area contributed by atoms with Gasteiger partial charge in [0.25, 0.3) is 5.91 Å². The van der Waals surface area contributed by atoms with Crippen molar-refractivity contribution in [3.05, 3.63) is 35.4 Å². The maximum Gasteiger partial charge on any atom is 0.251 e. The van der Waals surface area contributed by atoms with E-state index in [4.69, 9.17) is 5.26 Å². The Labute approximate surface area is 121 Å². The molecule has 0 aliphatic heterocycles. The first-order valence-corrected chi connectivity index (χ1v) is 7.23. The van der Waals surface area contributed by atoms with E-state index in [0.717, 1.165) is 30.4 Å². The zero-order valence-electron chi connectivity index (χ0n) is 12.4. The number of hydrogen-bond acceptors (Lipinski definition) is 2. The van der Waals surface area contributed by atoms with Crippen molar-refractivity contribution in [2.75, 3.05) is 0 Å². The molecule has 0 heterocycles. The Balaban J connectivity index is 2.20. The highest BCUT2D eigenvalue weighted by Gasteiger charge is 2.30. The average molecular weight is 270 g/mol. The highest BCUT2D eigenvalue weighted by atomic mass is 16.1. The van der Waals surface area contributed by atoms with E-state index >= 15 is 0 Å². The molecule has 1 aliphatic rings. The molecule has 2 atom stereocenters. The van der Waals surface area contributed by atoms with Gasteiger partial charge in [-0.05, 0) is 36.3 Å². The van der Waals surface area contributed by atoms with Crippen LogP contribution in [0.25, 0.3) is 0 Å². The second kappa shape index (κ2) is 5.66. The van der Waals surface area contributed by atoms with Gasteiger partial charge in [0.05, 0.1) is 12.0 Å². The molecule has 0 aromatic heterocycles. The summed E-state index contributed by atoms with van der Waals surface area (Å²) < 4.78 is 0. The van der Waals surface area contributed by atoms with Crippen molar-refractivity contribution in [1.29, 1.82) is 5.26 Å². The summed E-state index contributed by atoms with van der Waals surface area (Å²) in [4.78, 5) is 12.5. The Morgan fingerprint density at radius 3 is 2.65 bits per heavy atom. The van der Waals surface area contributed by atoms with E-state index in [0.29, 0.717) is 0 Å². The van der Waals surface area contributed by atoms with Crippen LogP contribution in [0.1, 0.15) is 56.0 Å². The van der Waals surface area contributed by atoms with E-state index in [9.17, 15) is 4.79 Å². The van der Waals surface area contributed by atoms with Crippen LogP contribution >= 0.6 is 0 Å². The zero-order chi connectivity index (χ0) is 14.8. The fourth-order valence-corrected chi connectivity index (χ4v) is 2.87. The molecule has 1 aromatic carbocycles. The van der Waals surface area contributed by atoms with Crippen LogP contribution in [0.2, 0.25) is 0 Å². The van der Waals surface area contributed by atoms with Crippen molar-refractivity contribution in [3.63, 3.8) is 0 Å². The lowest BCUT2D eigenvalue weighted by atomic mass is 9.83. The molecule has 2 unspecified atom stereocenters. The number of benzene rings is 1. The van der Waals surface area contributed by atoms with Crippen LogP contribution in [0.5, 0.6) is 0 Å². The summed E-state index contributed by atoms with van der Waals surface area (Å²) in [5.74, 6) is -0.0941. The van der Waals surface area contributed by atoms with Gasteiger partial charge >= 0.3 is 0 Å². The molecule has 0 saturated heterocycles. The third kappa shape index (κ3) is 3.01. The van der Waals surface area contributed by atoms with Crippen LogP contribution in [0.3, 0.4) is 0 Å². The van der Waals surface area contributed by atoms with Gasteiger partial charge in [-0.1, -0.05) is 39.0 Å². The Bertz CT molecular complexity index is 537. The number of nitrogens with zero attached hydrogens (tertiary/aromatic N) is 1. The molecule has 3 nitrogen and oxygen atoms in total. The molecule has 2 rings (SSSR count). The maximum atomic E-state index is 12.5. The number of carbonyl (C=O) groups is 1. The topological polar surface area (TPSA) is 52.9 Å². The van der Waals surface area contributed by atoms with Gasteiger partial charge in [-0.2, -0.15) is 5.26 Å². The van der Waals surface area contributed by atoms with E-state index < -0.39 is 0 Å². The predicted octanol–water partition coefficient (Wildman–Crippen LogP) is 3.41. The number of hydrogen-bond donors (Lipinski definition) is 1. The summed E-state index contributed by atoms with van der Waals surface area (Å²) in [5, 5.41) is 12.1. The van der Waals surface area contributed by atoms with Crippen molar-refractivity contribution in [3.8, 4) is 6.07 Å². The molecular formula is C17H22N2O. The number of rotatable bonds is 2. The van der Waals surface area contributed by atoms with E-state index in [1.807, 2.05) is 24.3 Å². The largest absolute Gasteiger partial charge is 0.348 e. The molecule has 1 fully saturated rings. The monoisotopic (exact) mass is 270 g/mol. The Hall–Kier alpha value is -1.82. The van der Waals surface area contributed by atoms with Crippen LogP contribution in [0, 0.1) is 17.2 Å². The van der Waals surface area contributed by atoms with Gasteiger partial charge in [-0.25, -0.2) is 0 Å². The first-order chi connectivity index (χ1) is 9.43. The summed E-state index contributed by atoms with van der Waals surface area (Å²) in [7, 11) is 0. The second-order valence-electron chi connectivity index (χ2n) is 6.54. The SMILES string of the molecule is CC(C)(C)c1ccccc1C(=O)NC1CCCC1C#N. The molecule has 1 amide bonds. The summed E-state index contributed by atoms with van der Waals surface area (Å²) in [5.41, 5.74) is 1.70. The van der Waals surface area contributed by atoms with Crippen LogP contribution in [-0.4, -0.2) is 11.9 Å². The summed E-state index contributed by atoms with van der Waals surface area (Å²) in [6, 6.07) is 10.0. The normalized spacial score (nSPS) is 22.3. The molecule has 3 heteroatoms. The fourth-order valence-electron chi connectivity index (χ4n) is 2.87. The lowest BCUT2D eigenvalue weighted by Gasteiger charge is -2.23. The van der Waals surface area contributed by atoms with Gasteiger partial charge in [-0.3, -0.25) is 4.79 Å². The second-order valence-corrected chi connectivity index (χ2v) is 6.54. The minimum Gasteiger partial charge on any atom is -0.348 e. The van der Waals surface area contributed by atoms with Crippen LogP contribution < -0.4 is 5.32 Å². The molecule has 0 radical (unpaired) electrons. The number of carbonyl (C=O) groups excluding carboxylic acids is 1. The highest BCUT2D eigenvalue weighted by molar-refractivity contribution is 5.96. The van der Waals surface area contributed by atoms with Crippen LogP contribution in [-0.2, 0) is 5.41 Å². The van der Waals surface area contributed by atoms with Gasteiger partial charge in [0.1, 0.15) is 0 Å².